The summed E-state index contributed by atoms with van der Waals surface area (Å²) in [4.78, 5) is 11.5. The molecule has 6 heteroatoms. The van der Waals surface area contributed by atoms with Crippen molar-refractivity contribution in [2.45, 2.75) is 6.61 Å². The minimum atomic E-state index is -0.927. The van der Waals surface area contributed by atoms with E-state index in [-0.39, 0.29) is 17.3 Å². The van der Waals surface area contributed by atoms with E-state index in [0.29, 0.717) is 6.07 Å². The zero-order valence-electron chi connectivity index (χ0n) is 10.2. The summed E-state index contributed by atoms with van der Waals surface area (Å²) in [5.41, 5.74) is 0.551. The summed E-state index contributed by atoms with van der Waals surface area (Å²) in [6.45, 7) is 0.0449. The van der Waals surface area contributed by atoms with E-state index in [9.17, 15) is 13.6 Å². The fraction of sp³-hybridized carbons (Fsp3) is 0.0714. The topological polar surface area (TPSA) is 38.3 Å². The van der Waals surface area contributed by atoms with Crippen molar-refractivity contribution in [1.82, 2.24) is 0 Å². The molecule has 20 heavy (non-hydrogen) atoms. The van der Waals surface area contributed by atoms with Crippen molar-refractivity contribution < 1.29 is 18.3 Å². The lowest BCUT2D eigenvalue weighted by molar-refractivity contribution is 0.155. The molecule has 0 saturated heterocycles. The molecule has 0 atom stereocenters. The normalized spacial score (nSPS) is 10.2. The summed E-state index contributed by atoms with van der Waals surface area (Å²) in [5.74, 6) is -1.82. The predicted molar refractivity (Wildman–Crippen MR) is 71.6 cm³/mol. The first-order chi connectivity index (χ1) is 9.56. The third-order valence-electron chi connectivity index (χ3n) is 2.46. The van der Waals surface area contributed by atoms with Gasteiger partial charge in [-0.05, 0) is 11.6 Å². The molecule has 2 aromatic rings. The number of hydrogen-bond donors (Lipinski definition) is 1. The molecular formula is C14H10ClF2NO2. The number of ether oxygens (including phenoxy) is 1. The molecule has 0 aliphatic heterocycles. The molecule has 0 aliphatic rings. The molecule has 0 heterocycles. The highest BCUT2D eigenvalue weighted by Gasteiger charge is 2.12. The molecule has 0 fully saturated rings. The van der Waals surface area contributed by atoms with Gasteiger partial charge in [-0.3, -0.25) is 5.32 Å². The number of nitrogens with one attached hydrogen (secondary N) is 1. The lowest BCUT2D eigenvalue weighted by Crippen LogP contribution is -2.14. The smallest absolute Gasteiger partial charge is 0.412 e. The quantitative estimate of drug-likeness (QED) is 0.855. The number of anilines is 1. The fourth-order valence-electron chi connectivity index (χ4n) is 1.49. The van der Waals surface area contributed by atoms with Gasteiger partial charge < -0.3 is 4.74 Å². The molecule has 1 N–H and O–H groups in total. The average Bonchev–Trinajstić information content (AvgIpc) is 2.44. The molecule has 2 aromatic carbocycles. The van der Waals surface area contributed by atoms with Crippen LogP contribution < -0.4 is 5.32 Å². The van der Waals surface area contributed by atoms with E-state index >= 15 is 0 Å². The maximum atomic E-state index is 13.4. The lowest BCUT2D eigenvalue weighted by atomic mass is 10.2. The van der Waals surface area contributed by atoms with Gasteiger partial charge in [-0.1, -0.05) is 41.9 Å². The lowest BCUT2D eigenvalue weighted by Gasteiger charge is -2.08. The highest BCUT2D eigenvalue weighted by atomic mass is 35.5. The van der Waals surface area contributed by atoms with Crippen molar-refractivity contribution in [3.8, 4) is 0 Å². The monoisotopic (exact) mass is 297 g/mol. The number of amides is 1. The number of halogens is 3. The van der Waals surface area contributed by atoms with Gasteiger partial charge in [-0.2, -0.15) is 0 Å². The van der Waals surface area contributed by atoms with Gasteiger partial charge in [-0.25, -0.2) is 13.6 Å². The third kappa shape index (κ3) is 3.68. The Bertz CT molecular complexity index is 620. The minimum Gasteiger partial charge on any atom is -0.444 e. The van der Waals surface area contributed by atoms with E-state index < -0.39 is 17.7 Å². The summed E-state index contributed by atoms with van der Waals surface area (Å²) >= 11 is 5.51. The van der Waals surface area contributed by atoms with Gasteiger partial charge in [0.05, 0.1) is 10.7 Å². The summed E-state index contributed by atoms with van der Waals surface area (Å²) in [5, 5.41) is 1.87. The molecule has 1 amide bonds. The van der Waals surface area contributed by atoms with Crippen LogP contribution in [0.2, 0.25) is 5.02 Å². The number of hydrogen-bond acceptors (Lipinski definition) is 2. The van der Waals surface area contributed by atoms with Crippen molar-refractivity contribution >= 4 is 23.4 Å². The Morgan fingerprint density at radius 3 is 2.55 bits per heavy atom. The summed E-state index contributed by atoms with van der Waals surface area (Å²) in [6.07, 6.45) is -0.851. The van der Waals surface area contributed by atoms with E-state index in [1.165, 1.54) is 0 Å². The van der Waals surface area contributed by atoms with Gasteiger partial charge in [0.1, 0.15) is 18.2 Å². The Morgan fingerprint density at radius 2 is 1.85 bits per heavy atom. The molecule has 0 spiro atoms. The minimum absolute atomic E-state index is 0.0449. The van der Waals surface area contributed by atoms with Gasteiger partial charge in [0.2, 0.25) is 0 Å². The first-order valence-electron chi connectivity index (χ1n) is 5.68. The fourth-order valence-corrected chi connectivity index (χ4v) is 1.65. The zero-order chi connectivity index (χ0) is 14.5. The standard InChI is InChI=1S/C14H10ClF2NO2/c15-10-6-13(12(17)7-11(10)16)18-14(19)20-8-9-4-2-1-3-5-9/h1-7H,8H2,(H,18,19). The van der Waals surface area contributed by atoms with Crippen molar-refractivity contribution in [1.29, 1.82) is 0 Å². The highest BCUT2D eigenvalue weighted by molar-refractivity contribution is 6.31. The Kier molecular flexibility index (Phi) is 4.53. The van der Waals surface area contributed by atoms with Crippen molar-refractivity contribution in [2.75, 3.05) is 5.32 Å². The number of carbonyl (C=O) groups is 1. The van der Waals surface area contributed by atoms with Crippen LogP contribution in [0.3, 0.4) is 0 Å². The predicted octanol–water partition coefficient (Wildman–Crippen LogP) is 4.37. The Morgan fingerprint density at radius 1 is 1.15 bits per heavy atom. The molecule has 104 valence electrons. The molecule has 2 rings (SSSR count). The summed E-state index contributed by atoms with van der Waals surface area (Å²) in [6, 6.07) is 10.6. The Balaban J connectivity index is 1.97. The second kappa shape index (κ2) is 6.34. The van der Waals surface area contributed by atoms with Crippen LogP contribution in [0, 0.1) is 11.6 Å². The van der Waals surface area contributed by atoms with Gasteiger partial charge in [0, 0.05) is 6.07 Å². The van der Waals surface area contributed by atoms with Crippen LogP contribution in [0.4, 0.5) is 19.3 Å². The maximum Gasteiger partial charge on any atom is 0.412 e. The molecule has 0 saturated carbocycles. The molecule has 0 aliphatic carbocycles. The van der Waals surface area contributed by atoms with Crippen molar-refractivity contribution in [3.63, 3.8) is 0 Å². The number of benzene rings is 2. The van der Waals surface area contributed by atoms with Crippen LogP contribution in [0.25, 0.3) is 0 Å². The van der Waals surface area contributed by atoms with Crippen molar-refractivity contribution in [3.05, 3.63) is 64.7 Å². The van der Waals surface area contributed by atoms with Crippen LogP contribution in [-0.2, 0) is 11.3 Å². The van der Waals surface area contributed by atoms with E-state index in [1.54, 1.807) is 24.3 Å². The first kappa shape index (κ1) is 14.3. The number of carbonyl (C=O) groups excluding carboxylic acids is 1. The zero-order valence-corrected chi connectivity index (χ0v) is 11.0. The first-order valence-corrected chi connectivity index (χ1v) is 6.06. The van der Waals surface area contributed by atoms with Crippen LogP contribution >= 0.6 is 11.6 Å². The molecule has 3 nitrogen and oxygen atoms in total. The Labute approximate surface area is 119 Å². The molecule has 0 unspecified atom stereocenters. The van der Waals surface area contributed by atoms with E-state index in [4.69, 9.17) is 16.3 Å². The SMILES string of the molecule is O=C(Nc1cc(Cl)c(F)cc1F)OCc1ccccc1. The summed E-state index contributed by atoms with van der Waals surface area (Å²) in [7, 11) is 0. The van der Waals surface area contributed by atoms with Crippen molar-refractivity contribution in [2.24, 2.45) is 0 Å². The largest absolute Gasteiger partial charge is 0.444 e. The van der Waals surface area contributed by atoms with Crippen LogP contribution in [-0.4, -0.2) is 6.09 Å². The second-order valence-electron chi connectivity index (χ2n) is 3.93. The van der Waals surface area contributed by atoms with Gasteiger partial charge in [0.25, 0.3) is 0 Å². The second-order valence-corrected chi connectivity index (χ2v) is 4.34. The van der Waals surface area contributed by atoms with Crippen LogP contribution in [0.1, 0.15) is 5.56 Å². The average molecular weight is 298 g/mol. The number of rotatable bonds is 3. The highest BCUT2D eigenvalue weighted by Crippen LogP contribution is 2.23. The Hall–Kier alpha value is -2.14. The molecule has 0 radical (unpaired) electrons. The van der Waals surface area contributed by atoms with E-state index in [1.807, 2.05) is 6.07 Å². The van der Waals surface area contributed by atoms with Crippen LogP contribution in [0.15, 0.2) is 42.5 Å². The van der Waals surface area contributed by atoms with Crippen LogP contribution in [0.5, 0.6) is 0 Å². The molecule has 0 bridgehead atoms. The third-order valence-corrected chi connectivity index (χ3v) is 2.75. The van der Waals surface area contributed by atoms with Gasteiger partial charge in [0.15, 0.2) is 0 Å². The molecular weight excluding hydrogens is 288 g/mol. The van der Waals surface area contributed by atoms with E-state index in [2.05, 4.69) is 5.32 Å². The summed E-state index contributed by atoms with van der Waals surface area (Å²) < 4.78 is 31.2. The molecule has 0 aromatic heterocycles. The van der Waals surface area contributed by atoms with E-state index in [0.717, 1.165) is 11.6 Å². The van der Waals surface area contributed by atoms with Gasteiger partial charge in [-0.15, -0.1) is 0 Å². The van der Waals surface area contributed by atoms with Gasteiger partial charge >= 0.3 is 6.09 Å². The maximum absolute atomic E-state index is 13.4.